The van der Waals surface area contributed by atoms with Gasteiger partial charge in [-0.15, -0.1) is 0 Å². The number of hydrogen-bond donors (Lipinski definition) is 1. The molecule has 96 valence electrons. The second-order valence-corrected chi connectivity index (χ2v) is 5.53. The summed E-state index contributed by atoms with van der Waals surface area (Å²) in [7, 11) is 0. The maximum Gasteiger partial charge on any atom is 0.0547 e. The van der Waals surface area contributed by atoms with E-state index in [9.17, 15) is 0 Å². The summed E-state index contributed by atoms with van der Waals surface area (Å²) in [5.41, 5.74) is 7.11. The molecule has 0 spiro atoms. The summed E-state index contributed by atoms with van der Waals surface area (Å²) in [4.78, 5) is 0. The normalized spacial score (nSPS) is 27.0. The SMILES string of the molecule is CCC1CCCCC1n1cc(CC(C)N)cn1. The molecule has 0 aliphatic heterocycles. The molecule has 0 saturated heterocycles. The zero-order valence-electron chi connectivity index (χ0n) is 11.1. The Morgan fingerprint density at radius 3 is 2.94 bits per heavy atom. The van der Waals surface area contributed by atoms with Crippen LogP contribution >= 0.6 is 0 Å². The molecule has 1 aliphatic carbocycles. The van der Waals surface area contributed by atoms with E-state index in [2.05, 4.69) is 22.9 Å². The quantitative estimate of drug-likeness (QED) is 0.872. The molecule has 3 heteroatoms. The summed E-state index contributed by atoms with van der Waals surface area (Å²) in [6.45, 7) is 4.35. The van der Waals surface area contributed by atoms with Crippen LogP contribution in [0, 0.1) is 5.92 Å². The van der Waals surface area contributed by atoms with Crippen molar-refractivity contribution in [3.8, 4) is 0 Å². The highest BCUT2D eigenvalue weighted by molar-refractivity contribution is 5.06. The van der Waals surface area contributed by atoms with Crippen molar-refractivity contribution in [1.82, 2.24) is 9.78 Å². The highest BCUT2D eigenvalue weighted by atomic mass is 15.3. The first-order valence-electron chi connectivity index (χ1n) is 6.99. The van der Waals surface area contributed by atoms with E-state index in [0.29, 0.717) is 6.04 Å². The van der Waals surface area contributed by atoms with Crippen LogP contribution in [0.1, 0.15) is 57.6 Å². The topological polar surface area (TPSA) is 43.8 Å². The largest absolute Gasteiger partial charge is 0.328 e. The van der Waals surface area contributed by atoms with Crippen molar-refractivity contribution in [3.63, 3.8) is 0 Å². The van der Waals surface area contributed by atoms with E-state index in [1.54, 1.807) is 0 Å². The standard InChI is InChI=1S/C14H25N3/c1-3-13-6-4-5-7-14(13)17-10-12(9-16-17)8-11(2)15/h9-11,13-14H,3-8,15H2,1-2H3. The molecule has 0 radical (unpaired) electrons. The third-order valence-corrected chi connectivity index (χ3v) is 3.95. The van der Waals surface area contributed by atoms with Gasteiger partial charge >= 0.3 is 0 Å². The molecule has 0 amide bonds. The van der Waals surface area contributed by atoms with Crippen LogP contribution < -0.4 is 5.73 Å². The lowest BCUT2D eigenvalue weighted by Gasteiger charge is -2.31. The van der Waals surface area contributed by atoms with Gasteiger partial charge in [0, 0.05) is 12.2 Å². The summed E-state index contributed by atoms with van der Waals surface area (Å²) in [6, 6.07) is 0.844. The van der Waals surface area contributed by atoms with E-state index in [1.165, 1.54) is 37.7 Å². The molecule has 1 aromatic heterocycles. The van der Waals surface area contributed by atoms with Gasteiger partial charge in [-0.05, 0) is 37.7 Å². The van der Waals surface area contributed by atoms with Gasteiger partial charge in [-0.2, -0.15) is 5.10 Å². The molecule has 2 N–H and O–H groups in total. The second kappa shape index (κ2) is 5.67. The Morgan fingerprint density at radius 2 is 2.24 bits per heavy atom. The molecule has 1 saturated carbocycles. The zero-order valence-corrected chi connectivity index (χ0v) is 11.1. The van der Waals surface area contributed by atoms with Crippen molar-refractivity contribution in [2.45, 2.75) is 64.5 Å². The van der Waals surface area contributed by atoms with Crippen LogP contribution in [0.5, 0.6) is 0 Å². The molecule has 0 bridgehead atoms. The number of rotatable bonds is 4. The van der Waals surface area contributed by atoms with Crippen LogP contribution in [0.4, 0.5) is 0 Å². The highest BCUT2D eigenvalue weighted by Crippen LogP contribution is 2.35. The number of hydrogen-bond acceptors (Lipinski definition) is 2. The van der Waals surface area contributed by atoms with Crippen LogP contribution in [-0.4, -0.2) is 15.8 Å². The number of nitrogens with two attached hydrogens (primary N) is 1. The van der Waals surface area contributed by atoms with Crippen molar-refractivity contribution >= 4 is 0 Å². The fourth-order valence-electron chi connectivity index (χ4n) is 3.05. The van der Waals surface area contributed by atoms with Gasteiger partial charge < -0.3 is 5.73 Å². The van der Waals surface area contributed by atoms with E-state index < -0.39 is 0 Å². The van der Waals surface area contributed by atoms with Gasteiger partial charge in [0.2, 0.25) is 0 Å². The van der Waals surface area contributed by atoms with Crippen molar-refractivity contribution < 1.29 is 0 Å². The third kappa shape index (κ3) is 3.09. The molecule has 17 heavy (non-hydrogen) atoms. The molecule has 2 rings (SSSR count). The second-order valence-electron chi connectivity index (χ2n) is 5.53. The molecule has 1 aliphatic rings. The van der Waals surface area contributed by atoms with Gasteiger partial charge in [0.15, 0.2) is 0 Å². The first-order chi connectivity index (χ1) is 8.20. The summed E-state index contributed by atoms with van der Waals surface area (Å²) in [5, 5.41) is 4.55. The van der Waals surface area contributed by atoms with Crippen molar-refractivity contribution in [1.29, 1.82) is 0 Å². The van der Waals surface area contributed by atoms with Crippen LogP contribution in [0.15, 0.2) is 12.4 Å². The van der Waals surface area contributed by atoms with Crippen molar-refractivity contribution in [3.05, 3.63) is 18.0 Å². The van der Waals surface area contributed by atoms with Gasteiger partial charge in [0.05, 0.1) is 12.2 Å². The fraction of sp³-hybridized carbons (Fsp3) is 0.786. The first kappa shape index (κ1) is 12.6. The average Bonchev–Trinajstić information content (AvgIpc) is 2.76. The zero-order chi connectivity index (χ0) is 12.3. The molecule has 1 heterocycles. The van der Waals surface area contributed by atoms with E-state index >= 15 is 0 Å². The predicted molar refractivity (Wildman–Crippen MR) is 70.9 cm³/mol. The van der Waals surface area contributed by atoms with Crippen molar-refractivity contribution in [2.75, 3.05) is 0 Å². The summed E-state index contributed by atoms with van der Waals surface area (Å²) < 4.78 is 2.20. The first-order valence-corrected chi connectivity index (χ1v) is 6.99. The smallest absolute Gasteiger partial charge is 0.0547 e. The van der Waals surface area contributed by atoms with Crippen molar-refractivity contribution in [2.24, 2.45) is 11.7 Å². The molecule has 1 aromatic rings. The van der Waals surface area contributed by atoms with E-state index in [0.717, 1.165) is 12.3 Å². The van der Waals surface area contributed by atoms with Gasteiger partial charge in [-0.25, -0.2) is 0 Å². The minimum Gasteiger partial charge on any atom is -0.328 e. The summed E-state index contributed by atoms with van der Waals surface area (Å²) in [5.74, 6) is 0.812. The molecule has 1 fully saturated rings. The monoisotopic (exact) mass is 235 g/mol. The Balaban J connectivity index is 2.07. The van der Waals surface area contributed by atoms with Crippen LogP contribution in [0.25, 0.3) is 0 Å². The minimum atomic E-state index is 0.223. The highest BCUT2D eigenvalue weighted by Gasteiger charge is 2.25. The lowest BCUT2D eigenvalue weighted by Crippen LogP contribution is -2.23. The fourth-order valence-corrected chi connectivity index (χ4v) is 3.05. The van der Waals surface area contributed by atoms with E-state index in [1.807, 2.05) is 13.1 Å². The Bertz CT molecular complexity index is 343. The maximum atomic E-state index is 5.83. The van der Waals surface area contributed by atoms with Gasteiger partial charge in [0.25, 0.3) is 0 Å². The van der Waals surface area contributed by atoms with Gasteiger partial charge in [-0.3, -0.25) is 4.68 Å². The lowest BCUT2D eigenvalue weighted by atomic mass is 9.83. The molecule has 3 nitrogen and oxygen atoms in total. The Kier molecular flexibility index (Phi) is 4.21. The lowest BCUT2D eigenvalue weighted by molar-refractivity contribution is 0.217. The maximum absolute atomic E-state index is 5.83. The van der Waals surface area contributed by atoms with Crippen LogP contribution in [0.3, 0.4) is 0 Å². The van der Waals surface area contributed by atoms with Gasteiger partial charge in [0.1, 0.15) is 0 Å². The summed E-state index contributed by atoms with van der Waals surface area (Å²) >= 11 is 0. The predicted octanol–water partition coefficient (Wildman–Crippen LogP) is 2.91. The molecule has 3 atom stereocenters. The molecular weight excluding hydrogens is 210 g/mol. The molecule has 3 unspecified atom stereocenters. The number of aromatic nitrogens is 2. The van der Waals surface area contributed by atoms with Gasteiger partial charge in [-0.1, -0.05) is 26.2 Å². The third-order valence-electron chi connectivity index (χ3n) is 3.95. The Labute approximate surface area is 104 Å². The summed E-state index contributed by atoms with van der Waals surface area (Å²) in [6.07, 6.45) is 11.8. The van der Waals surface area contributed by atoms with Crippen LogP contribution in [-0.2, 0) is 6.42 Å². The Hall–Kier alpha value is -0.830. The minimum absolute atomic E-state index is 0.223. The number of nitrogens with zero attached hydrogens (tertiary/aromatic N) is 2. The van der Waals surface area contributed by atoms with Crippen LogP contribution in [0.2, 0.25) is 0 Å². The average molecular weight is 235 g/mol. The Morgan fingerprint density at radius 1 is 1.47 bits per heavy atom. The van der Waals surface area contributed by atoms with E-state index in [-0.39, 0.29) is 6.04 Å². The molecular formula is C14H25N3. The molecule has 0 aromatic carbocycles. The van der Waals surface area contributed by atoms with E-state index in [4.69, 9.17) is 5.73 Å².